The Labute approximate surface area is 203 Å². The first kappa shape index (κ1) is 19.7. The Morgan fingerprint density at radius 1 is 0.429 bits per heavy atom. The summed E-state index contributed by atoms with van der Waals surface area (Å²) in [7, 11) is 0. The van der Waals surface area contributed by atoms with Gasteiger partial charge in [0.1, 0.15) is 5.65 Å². The molecule has 2 nitrogen and oxygen atoms in total. The van der Waals surface area contributed by atoms with Gasteiger partial charge in [0.15, 0.2) is 0 Å². The van der Waals surface area contributed by atoms with E-state index in [1.54, 1.807) is 0 Å². The van der Waals surface area contributed by atoms with Crippen LogP contribution in [0.1, 0.15) is 0 Å². The molecule has 0 spiro atoms. The van der Waals surface area contributed by atoms with Gasteiger partial charge in [0.05, 0.1) is 16.6 Å². The Kier molecular flexibility index (Phi) is 4.49. The smallest absolute Gasteiger partial charge is 0.138 e. The molecule has 0 N–H and O–H groups in total. The molecule has 7 aromatic rings. The van der Waals surface area contributed by atoms with Crippen LogP contribution in [0.25, 0.3) is 61.0 Å². The Balaban J connectivity index is 1.52. The maximum Gasteiger partial charge on any atom is 0.138 e. The van der Waals surface area contributed by atoms with Gasteiger partial charge >= 0.3 is 0 Å². The number of fused-ring (bicyclic) bond motifs is 5. The third-order valence-electron chi connectivity index (χ3n) is 6.76. The van der Waals surface area contributed by atoms with Crippen molar-refractivity contribution in [2.24, 2.45) is 0 Å². The standard InChI is InChI=1S/C33H22N2/c1-3-10-23(11-4-1)26-20-27(24-12-5-2-6-13-24)22-28(21-26)29-15-9-17-31-33(29)34-32-19-18-25-14-7-8-16-30(25)35(31)32/h1-22H. The fraction of sp³-hybridized carbons (Fsp3) is 0. The van der Waals surface area contributed by atoms with Crippen LogP contribution < -0.4 is 0 Å². The van der Waals surface area contributed by atoms with E-state index in [-0.39, 0.29) is 0 Å². The second-order valence-electron chi connectivity index (χ2n) is 8.90. The maximum atomic E-state index is 5.11. The molecule has 2 aromatic heterocycles. The van der Waals surface area contributed by atoms with E-state index < -0.39 is 0 Å². The minimum atomic E-state index is 0.966. The first-order valence-electron chi connectivity index (χ1n) is 11.9. The Bertz CT molecular complexity index is 1770. The summed E-state index contributed by atoms with van der Waals surface area (Å²) in [5.74, 6) is 0. The van der Waals surface area contributed by atoms with Gasteiger partial charge in [0.2, 0.25) is 0 Å². The molecule has 0 unspecified atom stereocenters. The molecule has 0 aliphatic heterocycles. The van der Waals surface area contributed by atoms with Crippen molar-refractivity contribution >= 4 is 27.6 Å². The van der Waals surface area contributed by atoms with Crippen molar-refractivity contribution in [1.82, 2.24) is 9.38 Å². The molecule has 5 aromatic carbocycles. The lowest BCUT2D eigenvalue weighted by atomic mass is 9.93. The molecule has 2 heteroatoms. The summed E-state index contributed by atoms with van der Waals surface area (Å²) >= 11 is 0. The average molecular weight is 447 g/mol. The van der Waals surface area contributed by atoms with Crippen molar-refractivity contribution in [1.29, 1.82) is 0 Å². The van der Waals surface area contributed by atoms with Gasteiger partial charge in [-0.2, -0.15) is 0 Å². The number of pyridine rings is 1. The van der Waals surface area contributed by atoms with Crippen LogP contribution in [-0.4, -0.2) is 9.38 Å². The number of hydrogen-bond donors (Lipinski definition) is 0. The van der Waals surface area contributed by atoms with E-state index in [1.807, 2.05) is 0 Å². The third kappa shape index (κ3) is 3.31. The molecule has 35 heavy (non-hydrogen) atoms. The van der Waals surface area contributed by atoms with Crippen LogP contribution in [0.5, 0.6) is 0 Å². The zero-order valence-corrected chi connectivity index (χ0v) is 19.1. The van der Waals surface area contributed by atoms with Crippen LogP contribution in [0.15, 0.2) is 133 Å². The van der Waals surface area contributed by atoms with Crippen LogP contribution in [0.4, 0.5) is 0 Å². The summed E-state index contributed by atoms with van der Waals surface area (Å²) < 4.78 is 2.27. The average Bonchev–Trinajstić information content (AvgIpc) is 3.33. The number of rotatable bonds is 3. The topological polar surface area (TPSA) is 17.3 Å². The number of imidazole rings is 1. The minimum absolute atomic E-state index is 0.966. The normalized spacial score (nSPS) is 11.4. The molecule has 7 rings (SSSR count). The zero-order valence-electron chi connectivity index (χ0n) is 19.1. The van der Waals surface area contributed by atoms with E-state index in [9.17, 15) is 0 Å². The number of hydrogen-bond acceptors (Lipinski definition) is 1. The van der Waals surface area contributed by atoms with Crippen molar-refractivity contribution in [3.05, 3.63) is 133 Å². The van der Waals surface area contributed by atoms with E-state index in [0.717, 1.165) is 22.2 Å². The summed E-state index contributed by atoms with van der Waals surface area (Å²) in [6.07, 6.45) is 0. The molecule has 2 heterocycles. The fourth-order valence-corrected chi connectivity index (χ4v) is 5.09. The molecule has 0 bridgehead atoms. The molecule has 164 valence electrons. The van der Waals surface area contributed by atoms with Gasteiger partial charge in [-0.25, -0.2) is 4.98 Å². The summed E-state index contributed by atoms with van der Waals surface area (Å²) in [6.45, 7) is 0. The van der Waals surface area contributed by atoms with E-state index in [4.69, 9.17) is 4.98 Å². The highest BCUT2D eigenvalue weighted by molar-refractivity contribution is 5.99. The van der Waals surface area contributed by atoms with Crippen molar-refractivity contribution in [3.8, 4) is 33.4 Å². The highest BCUT2D eigenvalue weighted by Gasteiger charge is 2.14. The monoisotopic (exact) mass is 446 g/mol. The molecule has 0 aliphatic rings. The molecular weight excluding hydrogens is 424 g/mol. The first-order chi connectivity index (χ1) is 17.3. The molecule has 0 saturated heterocycles. The lowest BCUT2D eigenvalue weighted by Gasteiger charge is -2.12. The fourth-order valence-electron chi connectivity index (χ4n) is 5.09. The number of benzene rings is 5. The van der Waals surface area contributed by atoms with Crippen LogP contribution >= 0.6 is 0 Å². The first-order valence-corrected chi connectivity index (χ1v) is 11.9. The second kappa shape index (κ2) is 7.96. The SMILES string of the molecule is c1ccc(-c2cc(-c3ccccc3)cc(-c3cccc4c3nc3ccc5ccccc5n34)c2)cc1. The van der Waals surface area contributed by atoms with Crippen molar-refractivity contribution in [3.63, 3.8) is 0 Å². The van der Waals surface area contributed by atoms with Crippen LogP contribution in [0, 0.1) is 0 Å². The number of nitrogens with zero attached hydrogens (tertiary/aromatic N) is 2. The summed E-state index contributed by atoms with van der Waals surface area (Å²) in [4.78, 5) is 5.11. The van der Waals surface area contributed by atoms with Crippen LogP contribution in [0.3, 0.4) is 0 Å². The van der Waals surface area contributed by atoms with Gasteiger partial charge in [0, 0.05) is 5.56 Å². The molecule has 0 fully saturated rings. The zero-order chi connectivity index (χ0) is 23.2. The van der Waals surface area contributed by atoms with Gasteiger partial charge in [-0.1, -0.05) is 91.0 Å². The van der Waals surface area contributed by atoms with E-state index >= 15 is 0 Å². The number of aromatic nitrogens is 2. The largest absolute Gasteiger partial charge is 0.292 e. The molecule has 0 amide bonds. The van der Waals surface area contributed by atoms with Crippen LogP contribution in [0.2, 0.25) is 0 Å². The van der Waals surface area contributed by atoms with Crippen molar-refractivity contribution in [2.45, 2.75) is 0 Å². The number of para-hydroxylation sites is 2. The molecule has 0 atom stereocenters. The summed E-state index contributed by atoms with van der Waals surface area (Å²) in [6, 6.07) is 47.3. The lowest BCUT2D eigenvalue weighted by Crippen LogP contribution is -1.88. The molecular formula is C33H22N2. The van der Waals surface area contributed by atoms with Crippen molar-refractivity contribution < 1.29 is 0 Å². The third-order valence-corrected chi connectivity index (χ3v) is 6.76. The van der Waals surface area contributed by atoms with E-state index in [0.29, 0.717) is 0 Å². The quantitative estimate of drug-likeness (QED) is 0.265. The van der Waals surface area contributed by atoms with Crippen molar-refractivity contribution in [2.75, 3.05) is 0 Å². The molecule has 0 saturated carbocycles. The Hall–Kier alpha value is -4.69. The molecule has 0 radical (unpaired) electrons. The maximum absolute atomic E-state index is 5.11. The Morgan fingerprint density at radius 2 is 1.03 bits per heavy atom. The Morgan fingerprint density at radius 3 is 1.74 bits per heavy atom. The van der Waals surface area contributed by atoms with Crippen LogP contribution in [-0.2, 0) is 0 Å². The van der Waals surface area contributed by atoms with Gasteiger partial charge in [-0.3, -0.25) is 4.40 Å². The summed E-state index contributed by atoms with van der Waals surface area (Å²) in [5, 5.41) is 1.21. The second-order valence-corrected chi connectivity index (χ2v) is 8.90. The highest BCUT2D eigenvalue weighted by atomic mass is 15.0. The predicted octanol–water partition coefficient (Wildman–Crippen LogP) is 8.64. The van der Waals surface area contributed by atoms with Gasteiger partial charge < -0.3 is 0 Å². The summed E-state index contributed by atoms with van der Waals surface area (Å²) in [5.41, 5.74) is 11.4. The molecule has 0 aliphatic carbocycles. The van der Waals surface area contributed by atoms with E-state index in [1.165, 1.54) is 38.7 Å². The minimum Gasteiger partial charge on any atom is -0.292 e. The van der Waals surface area contributed by atoms with Gasteiger partial charge in [-0.15, -0.1) is 0 Å². The van der Waals surface area contributed by atoms with E-state index in [2.05, 4.69) is 138 Å². The highest BCUT2D eigenvalue weighted by Crippen LogP contribution is 2.36. The lowest BCUT2D eigenvalue weighted by molar-refractivity contribution is 1.30. The van der Waals surface area contributed by atoms with Gasteiger partial charge in [0.25, 0.3) is 0 Å². The predicted molar refractivity (Wildman–Crippen MR) is 147 cm³/mol. The van der Waals surface area contributed by atoms with Gasteiger partial charge in [-0.05, 0) is 75.7 Å².